The lowest BCUT2D eigenvalue weighted by Gasteiger charge is -2.20. The monoisotopic (exact) mass is 293 g/mol. The minimum absolute atomic E-state index is 0.00719. The van der Waals surface area contributed by atoms with Gasteiger partial charge in [-0.05, 0) is 32.8 Å². The predicted octanol–water partition coefficient (Wildman–Crippen LogP) is 1.85. The molecule has 0 aromatic carbocycles. The van der Waals surface area contributed by atoms with Crippen molar-refractivity contribution in [1.82, 2.24) is 15.6 Å². The van der Waals surface area contributed by atoms with Gasteiger partial charge in [-0.25, -0.2) is 9.78 Å². The Morgan fingerprint density at radius 2 is 2.48 bits per heavy atom. The van der Waals surface area contributed by atoms with Crippen LogP contribution in [0.2, 0.25) is 0 Å². The molecular weight excluding hydrogens is 270 g/mol. The molecule has 0 aliphatic carbocycles. The average Bonchev–Trinajstić information content (AvgIpc) is 3.01. The molecule has 2 rings (SSSR count). The summed E-state index contributed by atoms with van der Waals surface area (Å²) in [5.74, 6) is 0.562. The van der Waals surface area contributed by atoms with Gasteiger partial charge in [-0.15, -0.1) is 0 Å². The predicted molar refractivity (Wildman–Crippen MR) is 79.2 cm³/mol. The molecule has 2 N–H and O–H groups in total. The molecule has 6 nitrogen and oxygen atoms in total. The van der Waals surface area contributed by atoms with E-state index in [-0.39, 0.29) is 18.2 Å². The van der Waals surface area contributed by atoms with Crippen molar-refractivity contribution in [2.45, 2.75) is 45.4 Å². The number of carbonyl (C=O) groups is 1. The Kier molecular flexibility index (Phi) is 5.80. The molecule has 2 amide bonds. The standard InChI is InChI=1S/C15H23N3O3/c1-3-20-14-12(6-4-8-16-14)10-17-15(19)18-11(2)13-7-5-9-21-13/h4,6,8,11,13H,3,5,7,9-10H2,1-2H3,(H2,17,18,19)/t11-,13+/m1/s1. The maximum atomic E-state index is 11.9. The van der Waals surface area contributed by atoms with E-state index < -0.39 is 0 Å². The number of hydrogen-bond donors (Lipinski definition) is 2. The molecule has 1 fully saturated rings. The van der Waals surface area contributed by atoms with Crippen LogP contribution in [0.5, 0.6) is 5.88 Å². The van der Waals surface area contributed by atoms with Crippen LogP contribution < -0.4 is 15.4 Å². The molecule has 21 heavy (non-hydrogen) atoms. The third-order valence-electron chi connectivity index (χ3n) is 3.45. The van der Waals surface area contributed by atoms with Gasteiger partial charge >= 0.3 is 6.03 Å². The zero-order chi connectivity index (χ0) is 15.1. The number of nitrogens with one attached hydrogen (secondary N) is 2. The summed E-state index contributed by atoms with van der Waals surface area (Å²) in [6.07, 6.45) is 3.85. The minimum atomic E-state index is -0.204. The molecule has 1 aliphatic heterocycles. The molecule has 0 spiro atoms. The third-order valence-corrected chi connectivity index (χ3v) is 3.45. The van der Waals surface area contributed by atoms with Crippen LogP contribution in [0.25, 0.3) is 0 Å². The Bertz CT molecular complexity index is 461. The van der Waals surface area contributed by atoms with E-state index in [1.165, 1.54) is 0 Å². The van der Waals surface area contributed by atoms with Crippen molar-refractivity contribution in [2.24, 2.45) is 0 Å². The highest BCUT2D eigenvalue weighted by molar-refractivity contribution is 5.74. The van der Waals surface area contributed by atoms with Gasteiger partial charge in [-0.1, -0.05) is 6.07 Å². The van der Waals surface area contributed by atoms with Crippen molar-refractivity contribution in [3.63, 3.8) is 0 Å². The number of carbonyl (C=O) groups excluding carboxylic acids is 1. The van der Waals surface area contributed by atoms with Gasteiger partial charge in [0.05, 0.1) is 18.8 Å². The lowest BCUT2D eigenvalue weighted by atomic mass is 10.1. The average molecular weight is 293 g/mol. The first-order valence-electron chi connectivity index (χ1n) is 7.43. The highest BCUT2D eigenvalue weighted by Crippen LogP contribution is 2.16. The smallest absolute Gasteiger partial charge is 0.315 e. The van der Waals surface area contributed by atoms with Crippen LogP contribution in [0, 0.1) is 0 Å². The molecule has 0 unspecified atom stereocenters. The van der Waals surface area contributed by atoms with Crippen LogP contribution in [-0.4, -0.2) is 36.4 Å². The van der Waals surface area contributed by atoms with Crippen molar-refractivity contribution < 1.29 is 14.3 Å². The van der Waals surface area contributed by atoms with Gasteiger partial charge in [0.1, 0.15) is 0 Å². The fourth-order valence-corrected chi connectivity index (χ4v) is 2.35. The van der Waals surface area contributed by atoms with E-state index in [0.717, 1.165) is 25.0 Å². The van der Waals surface area contributed by atoms with Gasteiger partial charge in [0.15, 0.2) is 0 Å². The lowest BCUT2D eigenvalue weighted by Crippen LogP contribution is -2.45. The molecule has 1 aromatic heterocycles. The molecule has 1 saturated heterocycles. The highest BCUT2D eigenvalue weighted by Gasteiger charge is 2.23. The van der Waals surface area contributed by atoms with Crippen molar-refractivity contribution in [3.05, 3.63) is 23.9 Å². The Morgan fingerprint density at radius 1 is 1.62 bits per heavy atom. The number of rotatable bonds is 6. The van der Waals surface area contributed by atoms with Crippen molar-refractivity contribution in [2.75, 3.05) is 13.2 Å². The summed E-state index contributed by atoms with van der Waals surface area (Å²) in [6.45, 7) is 5.58. The molecular formula is C15H23N3O3. The number of aromatic nitrogens is 1. The Hall–Kier alpha value is -1.82. The number of hydrogen-bond acceptors (Lipinski definition) is 4. The van der Waals surface area contributed by atoms with Crippen LogP contribution in [-0.2, 0) is 11.3 Å². The summed E-state index contributed by atoms with van der Waals surface area (Å²) in [5, 5.41) is 5.73. The van der Waals surface area contributed by atoms with Crippen LogP contribution >= 0.6 is 0 Å². The molecule has 1 aliphatic rings. The second-order valence-electron chi connectivity index (χ2n) is 5.07. The minimum Gasteiger partial charge on any atom is -0.478 e. The maximum Gasteiger partial charge on any atom is 0.315 e. The zero-order valence-corrected chi connectivity index (χ0v) is 12.6. The van der Waals surface area contributed by atoms with Gasteiger partial charge in [0, 0.05) is 24.9 Å². The molecule has 6 heteroatoms. The van der Waals surface area contributed by atoms with Crippen LogP contribution in [0.4, 0.5) is 4.79 Å². The second-order valence-corrected chi connectivity index (χ2v) is 5.07. The zero-order valence-electron chi connectivity index (χ0n) is 12.6. The van der Waals surface area contributed by atoms with E-state index in [0.29, 0.717) is 19.0 Å². The normalized spacial score (nSPS) is 19.0. The second kappa shape index (κ2) is 7.83. The lowest BCUT2D eigenvalue weighted by molar-refractivity contribution is 0.0860. The SMILES string of the molecule is CCOc1ncccc1CNC(=O)N[C@H](C)[C@@H]1CCCO1. The van der Waals surface area contributed by atoms with E-state index in [4.69, 9.17) is 9.47 Å². The number of nitrogens with zero attached hydrogens (tertiary/aromatic N) is 1. The quantitative estimate of drug-likeness (QED) is 0.839. The summed E-state index contributed by atoms with van der Waals surface area (Å²) in [6, 6.07) is 3.52. The summed E-state index contributed by atoms with van der Waals surface area (Å²) >= 11 is 0. The molecule has 116 valence electrons. The summed E-state index contributed by atoms with van der Waals surface area (Å²) < 4.78 is 11.0. The fraction of sp³-hybridized carbons (Fsp3) is 0.600. The van der Waals surface area contributed by atoms with E-state index in [2.05, 4.69) is 15.6 Å². The van der Waals surface area contributed by atoms with Crippen LogP contribution in [0.1, 0.15) is 32.3 Å². The molecule has 2 heterocycles. The van der Waals surface area contributed by atoms with E-state index in [1.807, 2.05) is 26.0 Å². The Balaban J connectivity index is 1.80. The molecule has 1 aromatic rings. The van der Waals surface area contributed by atoms with Gasteiger partial charge in [-0.2, -0.15) is 0 Å². The Morgan fingerprint density at radius 3 is 3.19 bits per heavy atom. The van der Waals surface area contributed by atoms with Gasteiger partial charge in [0.25, 0.3) is 0 Å². The summed E-state index contributed by atoms with van der Waals surface area (Å²) in [5.41, 5.74) is 0.860. The first-order valence-corrected chi connectivity index (χ1v) is 7.43. The van der Waals surface area contributed by atoms with E-state index in [1.54, 1.807) is 6.20 Å². The Labute approximate surface area is 125 Å². The maximum absolute atomic E-state index is 11.9. The highest BCUT2D eigenvalue weighted by atomic mass is 16.5. The van der Waals surface area contributed by atoms with E-state index in [9.17, 15) is 4.79 Å². The van der Waals surface area contributed by atoms with Crippen LogP contribution in [0.15, 0.2) is 18.3 Å². The van der Waals surface area contributed by atoms with Crippen LogP contribution in [0.3, 0.4) is 0 Å². The molecule has 2 atom stereocenters. The summed E-state index contributed by atoms with van der Waals surface area (Å²) in [4.78, 5) is 16.1. The van der Waals surface area contributed by atoms with Gasteiger partial charge in [-0.3, -0.25) is 0 Å². The largest absolute Gasteiger partial charge is 0.478 e. The molecule has 0 saturated carbocycles. The summed E-state index contributed by atoms with van der Waals surface area (Å²) in [7, 11) is 0. The topological polar surface area (TPSA) is 72.5 Å². The number of ether oxygens (including phenoxy) is 2. The first kappa shape index (κ1) is 15.6. The molecule has 0 bridgehead atoms. The third kappa shape index (κ3) is 4.60. The van der Waals surface area contributed by atoms with Crippen molar-refractivity contribution in [1.29, 1.82) is 0 Å². The number of pyridine rings is 1. The fourth-order valence-electron chi connectivity index (χ4n) is 2.35. The van der Waals surface area contributed by atoms with Gasteiger partial charge in [0.2, 0.25) is 5.88 Å². The first-order chi connectivity index (χ1) is 10.2. The number of amides is 2. The van der Waals surface area contributed by atoms with Crippen molar-refractivity contribution in [3.8, 4) is 5.88 Å². The van der Waals surface area contributed by atoms with Crippen molar-refractivity contribution >= 4 is 6.03 Å². The number of urea groups is 1. The van der Waals surface area contributed by atoms with E-state index >= 15 is 0 Å². The van der Waals surface area contributed by atoms with Gasteiger partial charge < -0.3 is 20.1 Å². The molecule has 0 radical (unpaired) electrons.